The van der Waals surface area contributed by atoms with Crippen molar-refractivity contribution in [2.24, 2.45) is 5.92 Å². The number of ether oxygens (including phenoxy) is 2. The Morgan fingerprint density at radius 3 is 2.50 bits per heavy atom. The number of hydrogen-bond donors (Lipinski definition) is 2. The lowest BCUT2D eigenvalue weighted by Crippen LogP contribution is -2.29. The zero-order valence-corrected chi connectivity index (χ0v) is 22.4. The largest absolute Gasteiger partial charge is 0.507 e. The number of aromatic hydroxyl groups is 1. The zero-order valence-electron chi connectivity index (χ0n) is 22.4. The fourth-order valence-electron chi connectivity index (χ4n) is 5.16. The highest BCUT2D eigenvalue weighted by Gasteiger charge is 2.43. The van der Waals surface area contributed by atoms with E-state index in [1.54, 1.807) is 13.2 Å². The fourth-order valence-corrected chi connectivity index (χ4v) is 5.16. The van der Waals surface area contributed by atoms with Gasteiger partial charge in [-0.05, 0) is 60.2 Å². The van der Waals surface area contributed by atoms with Gasteiger partial charge in [0.15, 0.2) is 11.5 Å². The normalized spacial score (nSPS) is 14.7. The summed E-state index contributed by atoms with van der Waals surface area (Å²) < 4.78 is 11.7. The average Bonchev–Trinajstić information content (AvgIpc) is 3.41. The first kappa shape index (κ1) is 25.4. The van der Waals surface area contributed by atoms with E-state index in [1.165, 1.54) is 0 Å². The Morgan fingerprint density at radius 1 is 1.05 bits per heavy atom. The average molecular weight is 512 g/mol. The van der Waals surface area contributed by atoms with Gasteiger partial charge in [-0.25, -0.2) is 0 Å². The number of H-pyrrole nitrogens is 1. The molecule has 1 atom stereocenters. The van der Waals surface area contributed by atoms with Crippen LogP contribution in [-0.2, 0) is 6.54 Å². The van der Waals surface area contributed by atoms with Gasteiger partial charge >= 0.3 is 0 Å². The standard InChI is InChI=1S/C31H33N3O4/c1-18(2)17-38-24-12-11-22(15-25(24)37-5)30-27-28(26-20(4)13-19(3)14-23(26)35)32-33-29(27)31(36)34(30)16-21-9-7-6-8-10-21/h6-15,18,30,35H,16-17H2,1-5H3,(H,32,33). The molecule has 7 heteroatoms. The first-order chi connectivity index (χ1) is 18.3. The van der Waals surface area contributed by atoms with Crippen molar-refractivity contribution >= 4 is 5.91 Å². The number of carbonyl (C=O) groups is 1. The summed E-state index contributed by atoms with van der Waals surface area (Å²) >= 11 is 0. The molecule has 2 N–H and O–H groups in total. The van der Waals surface area contributed by atoms with Gasteiger partial charge in [0, 0.05) is 17.7 Å². The second-order valence-corrected chi connectivity index (χ2v) is 10.3. The van der Waals surface area contributed by atoms with Crippen molar-refractivity contribution in [1.82, 2.24) is 15.1 Å². The third kappa shape index (κ3) is 4.60. The number of hydrogen-bond acceptors (Lipinski definition) is 5. The lowest BCUT2D eigenvalue weighted by Gasteiger charge is -2.27. The highest BCUT2D eigenvalue weighted by atomic mass is 16.5. The van der Waals surface area contributed by atoms with Crippen molar-refractivity contribution in [3.05, 3.63) is 94.2 Å². The van der Waals surface area contributed by atoms with Crippen molar-refractivity contribution in [3.63, 3.8) is 0 Å². The number of aromatic amines is 1. The number of carbonyl (C=O) groups excluding carboxylic acids is 1. The maximum atomic E-state index is 13.8. The van der Waals surface area contributed by atoms with Crippen LogP contribution in [0.25, 0.3) is 11.3 Å². The maximum Gasteiger partial charge on any atom is 0.273 e. The van der Waals surface area contributed by atoms with Crippen LogP contribution in [0.5, 0.6) is 17.2 Å². The summed E-state index contributed by atoms with van der Waals surface area (Å²) in [6.45, 7) is 9.06. The molecule has 0 spiro atoms. The van der Waals surface area contributed by atoms with Gasteiger partial charge in [-0.2, -0.15) is 5.10 Å². The van der Waals surface area contributed by atoms with Gasteiger partial charge in [0.25, 0.3) is 5.91 Å². The van der Waals surface area contributed by atoms with E-state index in [-0.39, 0.29) is 11.7 Å². The van der Waals surface area contributed by atoms with E-state index in [4.69, 9.17) is 9.47 Å². The molecule has 38 heavy (non-hydrogen) atoms. The number of aryl methyl sites for hydroxylation is 2. The molecule has 0 saturated carbocycles. The Kier molecular flexibility index (Phi) is 6.85. The highest BCUT2D eigenvalue weighted by molar-refractivity contribution is 6.00. The SMILES string of the molecule is COc1cc(C2c3c(-c4c(C)cc(C)cc4O)n[nH]c3C(=O)N2Cc2ccccc2)ccc1OCC(C)C. The van der Waals surface area contributed by atoms with Gasteiger partial charge < -0.3 is 19.5 Å². The molecule has 0 aliphatic carbocycles. The highest BCUT2D eigenvalue weighted by Crippen LogP contribution is 2.47. The number of nitrogens with zero attached hydrogens (tertiary/aromatic N) is 2. The predicted molar refractivity (Wildman–Crippen MR) is 147 cm³/mol. The van der Waals surface area contributed by atoms with Gasteiger partial charge in [0.05, 0.1) is 19.8 Å². The number of phenolic OH excluding ortho intramolecular Hbond substituents is 1. The molecular formula is C31H33N3O4. The van der Waals surface area contributed by atoms with E-state index in [9.17, 15) is 9.90 Å². The second-order valence-electron chi connectivity index (χ2n) is 10.3. The molecule has 5 rings (SSSR count). The first-order valence-corrected chi connectivity index (χ1v) is 12.8. The summed E-state index contributed by atoms with van der Waals surface area (Å²) in [4.78, 5) is 15.6. The van der Waals surface area contributed by atoms with Crippen LogP contribution in [0.1, 0.15) is 58.2 Å². The van der Waals surface area contributed by atoms with Crippen LogP contribution < -0.4 is 9.47 Å². The molecule has 196 valence electrons. The molecule has 1 aliphatic rings. The number of benzene rings is 3. The number of rotatable bonds is 8. The number of nitrogens with one attached hydrogen (secondary N) is 1. The number of methoxy groups -OCH3 is 1. The first-order valence-electron chi connectivity index (χ1n) is 12.8. The molecule has 3 aromatic carbocycles. The summed E-state index contributed by atoms with van der Waals surface area (Å²) in [7, 11) is 1.62. The number of fused-ring (bicyclic) bond motifs is 1. The van der Waals surface area contributed by atoms with E-state index >= 15 is 0 Å². The van der Waals surface area contributed by atoms with Gasteiger partial charge in [-0.3, -0.25) is 9.89 Å². The maximum absolute atomic E-state index is 13.8. The van der Waals surface area contributed by atoms with Crippen LogP contribution in [0.4, 0.5) is 0 Å². The predicted octanol–water partition coefficient (Wildman–Crippen LogP) is 6.19. The van der Waals surface area contributed by atoms with Crippen molar-refractivity contribution in [1.29, 1.82) is 0 Å². The minimum atomic E-state index is -0.445. The molecule has 1 aromatic heterocycles. The van der Waals surface area contributed by atoms with Gasteiger partial charge in [0.1, 0.15) is 17.1 Å². The number of aromatic nitrogens is 2. The van der Waals surface area contributed by atoms with Crippen molar-refractivity contribution < 1.29 is 19.4 Å². The summed E-state index contributed by atoms with van der Waals surface area (Å²) in [5, 5.41) is 18.5. The molecule has 1 amide bonds. The van der Waals surface area contributed by atoms with Gasteiger partial charge in [0.2, 0.25) is 0 Å². The lowest BCUT2D eigenvalue weighted by molar-refractivity contribution is 0.0730. The fraction of sp³-hybridized carbons (Fsp3) is 0.290. The van der Waals surface area contributed by atoms with E-state index in [0.29, 0.717) is 47.5 Å². The zero-order chi connectivity index (χ0) is 27.0. The molecule has 2 heterocycles. The Hall–Kier alpha value is -4.26. The molecule has 4 aromatic rings. The van der Waals surface area contributed by atoms with Crippen molar-refractivity contribution in [3.8, 4) is 28.5 Å². The molecule has 0 saturated heterocycles. The number of phenols is 1. The Bertz CT molecular complexity index is 1450. The molecule has 1 aliphatic heterocycles. The van der Waals surface area contributed by atoms with Crippen LogP contribution in [0.2, 0.25) is 0 Å². The molecule has 0 fully saturated rings. The lowest BCUT2D eigenvalue weighted by atomic mass is 9.93. The Labute approximate surface area is 223 Å². The van der Waals surface area contributed by atoms with Crippen LogP contribution in [0, 0.1) is 19.8 Å². The van der Waals surface area contributed by atoms with E-state index < -0.39 is 6.04 Å². The Balaban J connectivity index is 1.66. The topological polar surface area (TPSA) is 87.7 Å². The summed E-state index contributed by atoms with van der Waals surface area (Å²) in [5.74, 6) is 1.62. The summed E-state index contributed by atoms with van der Waals surface area (Å²) in [6, 6.07) is 19.0. The monoisotopic (exact) mass is 511 g/mol. The smallest absolute Gasteiger partial charge is 0.273 e. The van der Waals surface area contributed by atoms with Gasteiger partial charge in [-0.1, -0.05) is 56.3 Å². The minimum Gasteiger partial charge on any atom is -0.507 e. The quantitative estimate of drug-likeness (QED) is 0.295. The third-order valence-electron chi connectivity index (χ3n) is 6.83. The molecule has 7 nitrogen and oxygen atoms in total. The summed E-state index contributed by atoms with van der Waals surface area (Å²) in [6.07, 6.45) is 0. The number of amides is 1. The van der Waals surface area contributed by atoms with Crippen molar-refractivity contribution in [2.75, 3.05) is 13.7 Å². The second kappa shape index (κ2) is 10.2. The molecule has 0 bridgehead atoms. The van der Waals surface area contributed by atoms with E-state index in [1.807, 2.05) is 73.3 Å². The van der Waals surface area contributed by atoms with E-state index in [0.717, 1.165) is 27.8 Å². The van der Waals surface area contributed by atoms with E-state index in [2.05, 4.69) is 24.0 Å². The van der Waals surface area contributed by atoms with Crippen LogP contribution in [-0.4, -0.2) is 39.8 Å². The van der Waals surface area contributed by atoms with Crippen LogP contribution in [0.15, 0.2) is 60.7 Å². The van der Waals surface area contributed by atoms with Gasteiger partial charge in [-0.15, -0.1) is 0 Å². The minimum absolute atomic E-state index is 0.138. The molecular weight excluding hydrogens is 478 g/mol. The van der Waals surface area contributed by atoms with Crippen LogP contribution >= 0.6 is 0 Å². The van der Waals surface area contributed by atoms with Crippen molar-refractivity contribution in [2.45, 2.75) is 40.3 Å². The summed E-state index contributed by atoms with van der Waals surface area (Å²) in [5.41, 5.74) is 6.10. The Morgan fingerprint density at radius 2 is 1.82 bits per heavy atom. The van der Waals surface area contributed by atoms with Crippen LogP contribution in [0.3, 0.4) is 0 Å². The third-order valence-corrected chi connectivity index (χ3v) is 6.83. The molecule has 0 radical (unpaired) electrons. The molecule has 1 unspecified atom stereocenters.